The van der Waals surface area contributed by atoms with Gasteiger partial charge in [-0.05, 0) is 47.9 Å². The highest BCUT2D eigenvalue weighted by molar-refractivity contribution is 5.76. The first-order chi connectivity index (χ1) is 10.5. The molecule has 0 aliphatic carbocycles. The lowest BCUT2D eigenvalue weighted by Crippen LogP contribution is -2.15. The van der Waals surface area contributed by atoms with E-state index in [1.807, 2.05) is 0 Å². The molecule has 0 amide bonds. The normalized spacial score (nSPS) is 11.7. The van der Waals surface area contributed by atoms with Gasteiger partial charge in [0.25, 0.3) is 0 Å². The molecule has 0 bridgehead atoms. The van der Waals surface area contributed by atoms with Crippen LogP contribution < -0.4 is 9.47 Å². The summed E-state index contributed by atoms with van der Waals surface area (Å²) in [5.74, 6) is -0.305. The van der Waals surface area contributed by atoms with Gasteiger partial charge in [-0.1, -0.05) is 12.1 Å². The fourth-order valence-electron chi connectivity index (χ4n) is 2.32. The summed E-state index contributed by atoms with van der Waals surface area (Å²) in [5.41, 5.74) is 1.37. The van der Waals surface area contributed by atoms with Crippen molar-refractivity contribution in [3.8, 4) is 17.2 Å². The molecule has 0 saturated heterocycles. The molecule has 2 aromatic carbocycles. The molecule has 0 aliphatic heterocycles. The van der Waals surface area contributed by atoms with E-state index in [9.17, 15) is 15.0 Å². The smallest absolute Gasteiger partial charge is 0.311 e. The average Bonchev–Trinajstić information content (AvgIpc) is 2.53. The molecule has 5 heteroatoms. The number of hydrogen-bond donors (Lipinski definition) is 2. The molecular formula is C17H18O5. The summed E-state index contributed by atoms with van der Waals surface area (Å²) in [6, 6.07) is 11.5. The monoisotopic (exact) mass is 302 g/mol. The molecule has 2 rings (SSSR count). The van der Waals surface area contributed by atoms with Gasteiger partial charge in [-0.3, -0.25) is 4.79 Å². The second kappa shape index (κ2) is 6.85. The highest BCUT2D eigenvalue weighted by Crippen LogP contribution is 2.30. The number of methoxy groups -OCH3 is 2. The predicted octanol–water partition coefficient (Wildman–Crippen LogP) is 2.82. The number of carbonyl (C=O) groups is 1. The lowest BCUT2D eigenvalue weighted by atomic mass is 9.91. The van der Waals surface area contributed by atoms with E-state index in [0.717, 1.165) is 5.56 Å². The van der Waals surface area contributed by atoms with Gasteiger partial charge in [-0.15, -0.1) is 0 Å². The van der Waals surface area contributed by atoms with E-state index < -0.39 is 11.9 Å². The number of rotatable bonds is 6. The van der Waals surface area contributed by atoms with Crippen LogP contribution in [0, 0.1) is 0 Å². The minimum absolute atomic E-state index is 0.104. The highest BCUT2D eigenvalue weighted by atomic mass is 16.5. The number of benzene rings is 2. The van der Waals surface area contributed by atoms with Crippen molar-refractivity contribution in [1.29, 1.82) is 0 Å². The minimum Gasteiger partial charge on any atom is -0.508 e. The predicted molar refractivity (Wildman–Crippen MR) is 81.7 cm³/mol. The van der Waals surface area contributed by atoms with E-state index in [1.54, 1.807) is 44.6 Å². The summed E-state index contributed by atoms with van der Waals surface area (Å²) >= 11 is 0. The van der Waals surface area contributed by atoms with Crippen molar-refractivity contribution in [2.24, 2.45) is 0 Å². The van der Waals surface area contributed by atoms with Crippen LogP contribution in [-0.4, -0.2) is 30.4 Å². The van der Waals surface area contributed by atoms with Gasteiger partial charge < -0.3 is 19.7 Å². The van der Waals surface area contributed by atoms with E-state index >= 15 is 0 Å². The lowest BCUT2D eigenvalue weighted by Gasteiger charge is -2.16. The molecule has 1 unspecified atom stereocenters. The van der Waals surface area contributed by atoms with Crippen LogP contribution in [-0.2, 0) is 11.2 Å². The van der Waals surface area contributed by atoms with Gasteiger partial charge >= 0.3 is 5.97 Å². The van der Waals surface area contributed by atoms with Crippen molar-refractivity contribution in [2.75, 3.05) is 14.2 Å². The third-order valence-electron chi connectivity index (χ3n) is 3.51. The molecule has 0 aromatic heterocycles. The number of carboxylic acid groups (broad SMARTS) is 1. The van der Waals surface area contributed by atoms with Gasteiger partial charge in [0.1, 0.15) is 17.2 Å². The maximum absolute atomic E-state index is 11.6. The summed E-state index contributed by atoms with van der Waals surface area (Å²) in [7, 11) is 3.10. The molecule has 0 spiro atoms. The molecule has 0 heterocycles. The van der Waals surface area contributed by atoms with E-state index in [2.05, 4.69) is 0 Å². The largest absolute Gasteiger partial charge is 0.508 e. The Hall–Kier alpha value is -2.69. The zero-order valence-electron chi connectivity index (χ0n) is 12.4. The second-order valence-corrected chi connectivity index (χ2v) is 4.86. The first kappa shape index (κ1) is 15.7. The Morgan fingerprint density at radius 2 is 1.77 bits per heavy atom. The maximum atomic E-state index is 11.6. The van der Waals surface area contributed by atoms with E-state index in [4.69, 9.17) is 9.47 Å². The Labute approximate surface area is 128 Å². The van der Waals surface area contributed by atoms with Crippen molar-refractivity contribution in [1.82, 2.24) is 0 Å². The van der Waals surface area contributed by atoms with Crippen LogP contribution >= 0.6 is 0 Å². The molecule has 1 atom stereocenters. The Morgan fingerprint density at radius 1 is 1.09 bits per heavy atom. The highest BCUT2D eigenvalue weighted by Gasteiger charge is 2.22. The van der Waals surface area contributed by atoms with Crippen molar-refractivity contribution in [2.45, 2.75) is 12.3 Å². The SMILES string of the molecule is COc1ccc(OC)c(CC(C(=O)O)c2ccc(O)cc2)c1. The van der Waals surface area contributed by atoms with Crippen LogP contribution in [0.1, 0.15) is 17.0 Å². The molecule has 116 valence electrons. The fourth-order valence-corrected chi connectivity index (χ4v) is 2.32. The molecule has 0 fully saturated rings. The zero-order valence-corrected chi connectivity index (χ0v) is 12.4. The van der Waals surface area contributed by atoms with Crippen LogP contribution in [0.2, 0.25) is 0 Å². The van der Waals surface area contributed by atoms with Crippen molar-refractivity contribution >= 4 is 5.97 Å². The molecule has 2 N–H and O–H groups in total. The number of ether oxygens (including phenoxy) is 2. The minimum atomic E-state index is -0.935. The van der Waals surface area contributed by atoms with Gasteiger partial charge in [0.05, 0.1) is 20.1 Å². The fraction of sp³-hybridized carbons (Fsp3) is 0.235. The van der Waals surface area contributed by atoms with Gasteiger partial charge in [-0.2, -0.15) is 0 Å². The number of aromatic hydroxyl groups is 1. The van der Waals surface area contributed by atoms with Crippen molar-refractivity contribution in [3.63, 3.8) is 0 Å². The average molecular weight is 302 g/mol. The van der Waals surface area contributed by atoms with Crippen molar-refractivity contribution in [3.05, 3.63) is 53.6 Å². The number of hydrogen-bond acceptors (Lipinski definition) is 4. The summed E-state index contributed by atoms with van der Waals surface area (Å²) in [4.78, 5) is 11.6. The summed E-state index contributed by atoms with van der Waals surface area (Å²) in [6.45, 7) is 0. The molecule has 22 heavy (non-hydrogen) atoms. The van der Waals surface area contributed by atoms with Crippen LogP contribution in [0.5, 0.6) is 17.2 Å². The van der Waals surface area contributed by atoms with E-state index in [0.29, 0.717) is 17.1 Å². The van der Waals surface area contributed by atoms with E-state index in [-0.39, 0.29) is 12.2 Å². The van der Waals surface area contributed by atoms with Crippen LogP contribution in [0.3, 0.4) is 0 Å². The third-order valence-corrected chi connectivity index (χ3v) is 3.51. The Bertz CT molecular complexity index is 649. The zero-order chi connectivity index (χ0) is 16.1. The molecule has 5 nitrogen and oxygen atoms in total. The van der Waals surface area contributed by atoms with E-state index in [1.165, 1.54) is 12.1 Å². The van der Waals surface area contributed by atoms with Crippen LogP contribution in [0.25, 0.3) is 0 Å². The first-order valence-corrected chi connectivity index (χ1v) is 6.77. The summed E-state index contributed by atoms with van der Waals surface area (Å²) in [5, 5.41) is 18.8. The standard InChI is InChI=1S/C17H18O5/c1-21-14-7-8-16(22-2)12(9-14)10-15(17(19)20)11-3-5-13(18)6-4-11/h3-9,15,18H,10H2,1-2H3,(H,19,20). The number of phenolic OH excluding ortho intramolecular Hbond substituents is 1. The molecule has 2 aromatic rings. The Balaban J connectivity index is 2.35. The quantitative estimate of drug-likeness (QED) is 0.858. The topological polar surface area (TPSA) is 76.0 Å². The number of carboxylic acids is 1. The first-order valence-electron chi connectivity index (χ1n) is 6.77. The molecule has 0 saturated carbocycles. The number of phenols is 1. The van der Waals surface area contributed by atoms with Gasteiger partial charge in [0.2, 0.25) is 0 Å². The molecule has 0 aliphatic rings. The van der Waals surface area contributed by atoms with Crippen LogP contribution in [0.4, 0.5) is 0 Å². The molecular weight excluding hydrogens is 284 g/mol. The number of aliphatic carboxylic acids is 1. The Morgan fingerprint density at radius 3 is 2.32 bits per heavy atom. The lowest BCUT2D eigenvalue weighted by molar-refractivity contribution is -0.138. The van der Waals surface area contributed by atoms with Crippen molar-refractivity contribution < 1.29 is 24.5 Å². The van der Waals surface area contributed by atoms with Gasteiger partial charge in [-0.25, -0.2) is 0 Å². The van der Waals surface area contributed by atoms with Crippen LogP contribution in [0.15, 0.2) is 42.5 Å². The molecule has 0 radical (unpaired) electrons. The summed E-state index contributed by atoms with van der Waals surface area (Å²) in [6.07, 6.45) is 0.264. The van der Waals surface area contributed by atoms with Gasteiger partial charge in [0, 0.05) is 0 Å². The second-order valence-electron chi connectivity index (χ2n) is 4.86. The Kier molecular flexibility index (Phi) is 4.88. The maximum Gasteiger partial charge on any atom is 0.311 e. The third kappa shape index (κ3) is 3.49. The summed E-state index contributed by atoms with van der Waals surface area (Å²) < 4.78 is 10.5. The van der Waals surface area contributed by atoms with Gasteiger partial charge in [0.15, 0.2) is 0 Å².